The number of benzene rings is 1. The number of amides is 1. The topological polar surface area (TPSA) is 58.2 Å². The number of hydrogen-bond donors (Lipinski definition) is 1. The van der Waals surface area contributed by atoms with Gasteiger partial charge in [0.2, 0.25) is 0 Å². The molecule has 0 spiro atoms. The van der Waals surface area contributed by atoms with Gasteiger partial charge in [0.05, 0.1) is 18.8 Å². The lowest BCUT2D eigenvalue weighted by Crippen LogP contribution is -2.34. The predicted molar refractivity (Wildman–Crippen MR) is 103 cm³/mol. The van der Waals surface area contributed by atoms with Gasteiger partial charge in [0, 0.05) is 30.8 Å². The molecule has 0 bridgehead atoms. The van der Waals surface area contributed by atoms with Gasteiger partial charge in [-0.25, -0.2) is 0 Å². The highest BCUT2D eigenvalue weighted by molar-refractivity contribution is 6.01. The summed E-state index contributed by atoms with van der Waals surface area (Å²) >= 11 is 0. The van der Waals surface area contributed by atoms with Crippen LogP contribution < -0.4 is 0 Å². The zero-order valence-corrected chi connectivity index (χ0v) is 15.8. The first kappa shape index (κ1) is 18.1. The second kappa shape index (κ2) is 7.70. The second-order valence-electron chi connectivity index (χ2n) is 6.67. The number of carbonyl (C=O) groups is 1. The van der Waals surface area contributed by atoms with Gasteiger partial charge < -0.3 is 14.6 Å². The lowest BCUT2D eigenvalue weighted by atomic mass is 10.1. The molecule has 0 saturated heterocycles. The van der Waals surface area contributed by atoms with Crippen molar-refractivity contribution >= 4 is 16.8 Å². The maximum absolute atomic E-state index is 13.3. The lowest BCUT2D eigenvalue weighted by Gasteiger charge is -2.22. The van der Waals surface area contributed by atoms with Crippen LogP contribution in [0.3, 0.4) is 0 Å². The van der Waals surface area contributed by atoms with E-state index in [1.54, 1.807) is 18.2 Å². The minimum Gasteiger partial charge on any atom is -0.383 e. The van der Waals surface area contributed by atoms with Crippen LogP contribution in [0.5, 0.6) is 0 Å². The van der Waals surface area contributed by atoms with E-state index in [0.717, 1.165) is 27.7 Å². The van der Waals surface area contributed by atoms with Crippen LogP contribution in [0.15, 0.2) is 36.5 Å². The molecule has 1 aromatic carbocycles. The van der Waals surface area contributed by atoms with E-state index in [1.165, 1.54) is 5.56 Å². The zero-order chi connectivity index (χ0) is 18.7. The quantitative estimate of drug-likeness (QED) is 0.735. The largest absolute Gasteiger partial charge is 0.383 e. The number of hydrogen-bond acceptors (Lipinski definition) is 3. The Bertz CT molecular complexity index is 916. The number of aryl methyl sites for hydroxylation is 3. The fourth-order valence-corrected chi connectivity index (χ4v) is 3.30. The number of aromatic amines is 1. The fraction of sp³-hybridized carbons (Fsp3) is 0.333. The molecule has 3 aromatic rings. The van der Waals surface area contributed by atoms with Gasteiger partial charge in [0.25, 0.3) is 5.91 Å². The third-order valence-corrected chi connectivity index (χ3v) is 4.65. The molecule has 5 nitrogen and oxygen atoms in total. The molecule has 2 heterocycles. The van der Waals surface area contributed by atoms with Crippen LogP contribution in [0.1, 0.15) is 32.9 Å². The molecule has 5 heteroatoms. The summed E-state index contributed by atoms with van der Waals surface area (Å²) in [6.45, 7) is 7.59. The zero-order valence-electron chi connectivity index (χ0n) is 15.8. The van der Waals surface area contributed by atoms with E-state index in [-0.39, 0.29) is 5.91 Å². The number of carbonyl (C=O) groups excluding carboxylic acids is 1. The number of fused-ring (bicyclic) bond motifs is 1. The van der Waals surface area contributed by atoms with Crippen LogP contribution in [-0.4, -0.2) is 41.0 Å². The van der Waals surface area contributed by atoms with Gasteiger partial charge in [-0.05, 0) is 50.1 Å². The molecule has 1 N–H and O–H groups in total. The van der Waals surface area contributed by atoms with Crippen molar-refractivity contribution in [2.45, 2.75) is 27.3 Å². The van der Waals surface area contributed by atoms with Gasteiger partial charge in [0.15, 0.2) is 0 Å². The van der Waals surface area contributed by atoms with E-state index in [4.69, 9.17) is 4.74 Å². The molecule has 3 rings (SSSR count). The minimum absolute atomic E-state index is 0.0292. The molecule has 0 fully saturated rings. The summed E-state index contributed by atoms with van der Waals surface area (Å²) in [6.07, 6.45) is 1.74. The summed E-state index contributed by atoms with van der Waals surface area (Å²) in [5.74, 6) is -0.0292. The summed E-state index contributed by atoms with van der Waals surface area (Å²) < 4.78 is 5.20. The number of nitrogens with one attached hydrogen (secondary N) is 1. The first-order valence-corrected chi connectivity index (χ1v) is 8.79. The Morgan fingerprint density at radius 2 is 2.04 bits per heavy atom. The average Bonchev–Trinajstić information content (AvgIpc) is 2.96. The van der Waals surface area contributed by atoms with Crippen LogP contribution in [0.2, 0.25) is 0 Å². The normalized spacial score (nSPS) is 11.1. The highest BCUT2D eigenvalue weighted by Gasteiger charge is 2.22. The average molecular weight is 351 g/mol. The summed E-state index contributed by atoms with van der Waals surface area (Å²) in [4.78, 5) is 22.7. The predicted octanol–water partition coefficient (Wildman–Crippen LogP) is 3.78. The molecule has 136 valence electrons. The van der Waals surface area contributed by atoms with Gasteiger partial charge in [-0.1, -0.05) is 17.7 Å². The fourth-order valence-electron chi connectivity index (χ4n) is 3.30. The van der Waals surface area contributed by atoms with Crippen molar-refractivity contribution in [1.82, 2.24) is 14.9 Å². The number of ether oxygens (including phenoxy) is 1. The molecule has 1 amide bonds. The summed E-state index contributed by atoms with van der Waals surface area (Å²) in [6, 6.07) is 9.99. The molecule has 0 unspecified atom stereocenters. The number of nitrogens with zero attached hydrogens (tertiary/aromatic N) is 2. The Balaban J connectivity index is 1.97. The molecule has 0 atom stereocenters. The van der Waals surface area contributed by atoms with Crippen molar-refractivity contribution in [3.8, 4) is 0 Å². The van der Waals surface area contributed by atoms with Crippen molar-refractivity contribution in [3.05, 3.63) is 64.6 Å². The first-order valence-electron chi connectivity index (χ1n) is 8.79. The SMILES string of the molecule is COCCN(Cc1ccccn1)C(=O)c1[nH]c2c(C)cc(C)cc2c1C. The standard InChI is InChI=1S/C21H25N3O2/c1-14-11-15(2)19-18(12-14)16(3)20(23-19)21(25)24(9-10-26-4)13-17-7-5-6-8-22-17/h5-8,11-12,23H,9-10,13H2,1-4H3. The third-order valence-electron chi connectivity index (χ3n) is 4.65. The number of methoxy groups -OCH3 is 1. The summed E-state index contributed by atoms with van der Waals surface area (Å²) in [5, 5.41) is 1.11. The Labute approximate surface area is 154 Å². The van der Waals surface area contributed by atoms with E-state index >= 15 is 0 Å². The van der Waals surface area contributed by atoms with E-state index < -0.39 is 0 Å². The molecule has 0 aliphatic carbocycles. The van der Waals surface area contributed by atoms with Crippen LogP contribution in [-0.2, 0) is 11.3 Å². The molecular formula is C21H25N3O2. The van der Waals surface area contributed by atoms with E-state index in [1.807, 2.05) is 25.1 Å². The van der Waals surface area contributed by atoms with Gasteiger partial charge in [-0.15, -0.1) is 0 Å². The molecule has 0 aliphatic heterocycles. The highest BCUT2D eigenvalue weighted by atomic mass is 16.5. The Hall–Kier alpha value is -2.66. The van der Waals surface area contributed by atoms with E-state index in [9.17, 15) is 4.79 Å². The maximum atomic E-state index is 13.3. The van der Waals surface area contributed by atoms with Crippen LogP contribution in [0, 0.1) is 20.8 Å². The molecule has 0 aliphatic rings. The molecule has 2 aromatic heterocycles. The van der Waals surface area contributed by atoms with E-state index in [0.29, 0.717) is 25.4 Å². The maximum Gasteiger partial charge on any atom is 0.271 e. The Morgan fingerprint density at radius 3 is 2.73 bits per heavy atom. The number of pyridine rings is 1. The first-order chi connectivity index (χ1) is 12.5. The van der Waals surface area contributed by atoms with Crippen molar-refractivity contribution in [1.29, 1.82) is 0 Å². The third kappa shape index (κ3) is 3.63. The molecule has 0 saturated carbocycles. The number of rotatable bonds is 6. The van der Waals surface area contributed by atoms with Gasteiger partial charge >= 0.3 is 0 Å². The Kier molecular flexibility index (Phi) is 5.38. The number of H-pyrrole nitrogens is 1. The monoisotopic (exact) mass is 351 g/mol. The van der Waals surface area contributed by atoms with Crippen molar-refractivity contribution in [2.24, 2.45) is 0 Å². The number of aromatic nitrogens is 2. The Morgan fingerprint density at radius 1 is 1.23 bits per heavy atom. The minimum atomic E-state index is -0.0292. The van der Waals surface area contributed by atoms with Crippen molar-refractivity contribution < 1.29 is 9.53 Å². The van der Waals surface area contributed by atoms with Crippen LogP contribution in [0.25, 0.3) is 10.9 Å². The summed E-state index contributed by atoms with van der Waals surface area (Å²) in [5.41, 5.74) is 5.86. The second-order valence-corrected chi connectivity index (χ2v) is 6.67. The van der Waals surface area contributed by atoms with E-state index in [2.05, 4.69) is 35.9 Å². The molecule has 0 radical (unpaired) electrons. The van der Waals surface area contributed by atoms with Gasteiger partial charge in [-0.3, -0.25) is 9.78 Å². The van der Waals surface area contributed by atoms with Crippen molar-refractivity contribution in [2.75, 3.05) is 20.3 Å². The highest BCUT2D eigenvalue weighted by Crippen LogP contribution is 2.27. The van der Waals surface area contributed by atoms with Crippen LogP contribution >= 0.6 is 0 Å². The van der Waals surface area contributed by atoms with Crippen molar-refractivity contribution in [3.63, 3.8) is 0 Å². The molecule has 26 heavy (non-hydrogen) atoms. The molecular weight excluding hydrogens is 326 g/mol. The lowest BCUT2D eigenvalue weighted by molar-refractivity contribution is 0.0672. The van der Waals surface area contributed by atoms with Gasteiger partial charge in [-0.2, -0.15) is 0 Å². The van der Waals surface area contributed by atoms with Crippen LogP contribution in [0.4, 0.5) is 0 Å². The summed E-state index contributed by atoms with van der Waals surface area (Å²) in [7, 11) is 1.64. The smallest absolute Gasteiger partial charge is 0.271 e. The van der Waals surface area contributed by atoms with Gasteiger partial charge in [0.1, 0.15) is 5.69 Å².